The highest BCUT2D eigenvalue weighted by Gasteiger charge is 2.31. The summed E-state index contributed by atoms with van der Waals surface area (Å²) in [5, 5.41) is 14.9. The van der Waals surface area contributed by atoms with E-state index in [9.17, 15) is 10.1 Å². The van der Waals surface area contributed by atoms with Crippen LogP contribution in [0.4, 0.5) is 17.3 Å². The predicted molar refractivity (Wildman–Crippen MR) is 97.7 cm³/mol. The Morgan fingerprint density at radius 2 is 2.08 bits per heavy atom. The first kappa shape index (κ1) is 17.1. The summed E-state index contributed by atoms with van der Waals surface area (Å²) in [5.41, 5.74) is 1.01. The fourth-order valence-electron chi connectivity index (χ4n) is 3.36. The molecular weight excluding hydrogens is 318 g/mol. The lowest BCUT2D eigenvalue weighted by Crippen LogP contribution is -2.40. The molecule has 1 aliphatic heterocycles. The van der Waals surface area contributed by atoms with Crippen LogP contribution in [0.3, 0.4) is 0 Å². The zero-order chi connectivity index (χ0) is 17.6. The van der Waals surface area contributed by atoms with Crippen LogP contribution in [-0.2, 0) is 6.54 Å². The molecule has 7 nitrogen and oxygen atoms in total. The van der Waals surface area contributed by atoms with Crippen LogP contribution < -0.4 is 10.2 Å². The second kappa shape index (κ2) is 7.92. The highest BCUT2D eigenvalue weighted by molar-refractivity contribution is 5.70. The fourth-order valence-corrected chi connectivity index (χ4v) is 3.36. The van der Waals surface area contributed by atoms with Crippen LogP contribution in [-0.4, -0.2) is 27.5 Å². The molecule has 25 heavy (non-hydrogen) atoms. The first-order chi connectivity index (χ1) is 12.2. The van der Waals surface area contributed by atoms with E-state index in [0.717, 1.165) is 37.8 Å². The van der Waals surface area contributed by atoms with E-state index < -0.39 is 0 Å². The van der Waals surface area contributed by atoms with Crippen molar-refractivity contribution in [3.05, 3.63) is 52.3 Å². The van der Waals surface area contributed by atoms with E-state index in [0.29, 0.717) is 18.4 Å². The minimum absolute atomic E-state index is 0.0289. The molecule has 1 atom stereocenters. The topological polar surface area (TPSA) is 84.2 Å². The second-order valence-electron chi connectivity index (χ2n) is 6.24. The summed E-state index contributed by atoms with van der Waals surface area (Å²) in [6.07, 6.45) is 5.60. The predicted octanol–water partition coefficient (Wildman–Crippen LogP) is 3.77. The molecule has 1 aromatic heterocycles. The van der Waals surface area contributed by atoms with E-state index in [1.807, 2.05) is 30.3 Å². The van der Waals surface area contributed by atoms with Crippen molar-refractivity contribution in [2.24, 2.45) is 0 Å². The Hall–Kier alpha value is -2.70. The summed E-state index contributed by atoms with van der Waals surface area (Å²) in [6, 6.07) is 10.1. The molecule has 3 rings (SSSR count). The molecule has 0 aliphatic carbocycles. The van der Waals surface area contributed by atoms with Gasteiger partial charge in [0.1, 0.15) is 6.33 Å². The van der Waals surface area contributed by atoms with Gasteiger partial charge in [-0.3, -0.25) is 10.1 Å². The van der Waals surface area contributed by atoms with Crippen LogP contribution >= 0.6 is 0 Å². The quantitative estimate of drug-likeness (QED) is 0.636. The van der Waals surface area contributed by atoms with E-state index in [4.69, 9.17) is 0 Å². The number of aromatic nitrogens is 2. The van der Waals surface area contributed by atoms with Gasteiger partial charge in [-0.1, -0.05) is 37.3 Å². The van der Waals surface area contributed by atoms with Gasteiger partial charge in [-0.25, -0.2) is 9.97 Å². The van der Waals surface area contributed by atoms with Crippen molar-refractivity contribution in [1.82, 2.24) is 9.97 Å². The molecule has 2 aromatic rings. The maximum absolute atomic E-state index is 11.8. The summed E-state index contributed by atoms with van der Waals surface area (Å²) < 4.78 is 0. The van der Waals surface area contributed by atoms with Crippen molar-refractivity contribution < 1.29 is 4.92 Å². The summed E-state index contributed by atoms with van der Waals surface area (Å²) in [4.78, 5) is 21.9. The molecule has 1 N–H and O–H groups in total. The second-order valence-corrected chi connectivity index (χ2v) is 6.24. The Bertz CT molecular complexity index is 723. The zero-order valence-corrected chi connectivity index (χ0v) is 14.4. The molecule has 1 saturated heterocycles. The Morgan fingerprint density at radius 1 is 1.28 bits per heavy atom. The average Bonchev–Trinajstić information content (AvgIpc) is 2.66. The molecule has 1 unspecified atom stereocenters. The van der Waals surface area contributed by atoms with Crippen molar-refractivity contribution in [1.29, 1.82) is 0 Å². The normalized spacial score (nSPS) is 17.3. The van der Waals surface area contributed by atoms with E-state index in [1.165, 1.54) is 6.33 Å². The van der Waals surface area contributed by atoms with Gasteiger partial charge in [0.2, 0.25) is 11.6 Å². The molecular formula is C18H23N5O2. The number of anilines is 2. The Morgan fingerprint density at radius 3 is 2.80 bits per heavy atom. The van der Waals surface area contributed by atoms with Gasteiger partial charge in [0, 0.05) is 19.1 Å². The molecule has 132 valence electrons. The molecule has 0 bridgehead atoms. The van der Waals surface area contributed by atoms with Crippen molar-refractivity contribution >= 4 is 17.3 Å². The molecule has 1 fully saturated rings. The number of benzene rings is 1. The summed E-state index contributed by atoms with van der Waals surface area (Å²) in [5.74, 6) is 0.710. The van der Waals surface area contributed by atoms with E-state index in [-0.39, 0.29) is 16.4 Å². The highest BCUT2D eigenvalue weighted by Crippen LogP contribution is 2.35. The summed E-state index contributed by atoms with van der Waals surface area (Å²) in [6.45, 7) is 3.40. The van der Waals surface area contributed by atoms with E-state index in [2.05, 4.69) is 27.1 Å². The number of hydrogen-bond acceptors (Lipinski definition) is 6. The molecule has 0 radical (unpaired) electrons. The number of nitrogens with zero attached hydrogens (tertiary/aromatic N) is 4. The van der Waals surface area contributed by atoms with Gasteiger partial charge in [0.25, 0.3) is 0 Å². The number of piperidine rings is 1. The van der Waals surface area contributed by atoms with Gasteiger partial charge in [0.15, 0.2) is 0 Å². The van der Waals surface area contributed by atoms with Crippen molar-refractivity contribution in [3.63, 3.8) is 0 Å². The molecule has 2 heterocycles. The summed E-state index contributed by atoms with van der Waals surface area (Å²) in [7, 11) is 0. The standard InChI is InChI=1S/C18H23N5O2/c1-2-15-10-6-7-11-22(15)18-16(23(24)25)17(20-13-21-18)19-12-14-8-4-3-5-9-14/h3-5,8-9,13,15H,2,6-7,10-12H2,1H3,(H,19,20,21). The third kappa shape index (κ3) is 3.87. The highest BCUT2D eigenvalue weighted by atomic mass is 16.6. The van der Waals surface area contributed by atoms with Crippen molar-refractivity contribution in [3.8, 4) is 0 Å². The number of nitro groups is 1. The fraction of sp³-hybridized carbons (Fsp3) is 0.444. The van der Waals surface area contributed by atoms with Gasteiger partial charge in [-0.05, 0) is 31.2 Å². The molecule has 0 amide bonds. The van der Waals surface area contributed by atoms with E-state index in [1.54, 1.807) is 0 Å². The van der Waals surface area contributed by atoms with Gasteiger partial charge in [0.05, 0.1) is 4.92 Å². The van der Waals surface area contributed by atoms with Crippen molar-refractivity contribution in [2.75, 3.05) is 16.8 Å². The minimum Gasteiger partial charge on any atom is -0.360 e. The van der Waals surface area contributed by atoms with Crippen LogP contribution in [0.5, 0.6) is 0 Å². The molecule has 0 spiro atoms. The lowest BCUT2D eigenvalue weighted by atomic mass is 10.00. The molecule has 7 heteroatoms. The van der Waals surface area contributed by atoms with Gasteiger partial charge >= 0.3 is 5.69 Å². The van der Waals surface area contributed by atoms with Crippen LogP contribution in [0, 0.1) is 10.1 Å². The minimum atomic E-state index is -0.371. The van der Waals surface area contributed by atoms with Gasteiger partial charge in [-0.15, -0.1) is 0 Å². The number of hydrogen-bond donors (Lipinski definition) is 1. The smallest absolute Gasteiger partial charge is 0.353 e. The third-order valence-electron chi connectivity index (χ3n) is 4.66. The monoisotopic (exact) mass is 341 g/mol. The summed E-state index contributed by atoms with van der Waals surface area (Å²) >= 11 is 0. The van der Waals surface area contributed by atoms with Crippen LogP contribution in [0.15, 0.2) is 36.7 Å². The molecule has 1 aliphatic rings. The maximum atomic E-state index is 11.8. The lowest BCUT2D eigenvalue weighted by Gasteiger charge is -2.35. The first-order valence-electron chi connectivity index (χ1n) is 8.74. The average molecular weight is 341 g/mol. The lowest BCUT2D eigenvalue weighted by molar-refractivity contribution is -0.383. The van der Waals surface area contributed by atoms with E-state index >= 15 is 0 Å². The maximum Gasteiger partial charge on any atom is 0.353 e. The zero-order valence-electron chi connectivity index (χ0n) is 14.4. The SMILES string of the molecule is CCC1CCCCN1c1ncnc(NCc2ccccc2)c1[N+](=O)[O-]. The Kier molecular flexibility index (Phi) is 5.42. The number of rotatable bonds is 6. The Labute approximate surface area is 147 Å². The van der Waals surface area contributed by atoms with Crippen LogP contribution in [0.1, 0.15) is 38.2 Å². The third-order valence-corrected chi connectivity index (χ3v) is 4.66. The van der Waals surface area contributed by atoms with Gasteiger partial charge < -0.3 is 10.2 Å². The van der Waals surface area contributed by atoms with Crippen molar-refractivity contribution in [2.45, 2.75) is 45.2 Å². The van der Waals surface area contributed by atoms with Crippen LogP contribution in [0.2, 0.25) is 0 Å². The molecule has 1 aromatic carbocycles. The Balaban J connectivity index is 1.90. The number of nitrogens with one attached hydrogen (secondary N) is 1. The van der Waals surface area contributed by atoms with Gasteiger partial charge in [-0.2, -0.15) is 0 Å². The largest absolute Gasteiger partial charge is 0.360 e. The molecule has 0 saturated carbocycles. The van der Waals surface area contributed by atoms with Crippen LogP contribution in [0.25, 0.3) is 0 Å². The first-order valence-corrected chi connectivity index (χ1v) is 8.74.